The van der Waals surface area contributed by atoms with Crippen molar-refractivity contribution >= 4 is 39.8 Å². The molecule has 3 N–H and O–H groups in total. The maximum absolute atomic E-state index is 11.7. The molecular formula is C19H25IN6O3S. The number of aromatic nitrogens is 3. The Morgan fingerprint density at radius 2 is 2.07 bits per heavy atom. The topological polar surface area (TPSA) is 125 Å². The molecule has 0 atom stereocenters. The van der Waals surface area contributed by atoms with Crippen molar-refractivity contribution in [3.63, 3.8) is 0 Å². The second-order valence-corrected chi connectivity index (χ2v) is 8.49. The highest BCUT2D eigenvalue weighted by molar-refractivity contribution is 14.0. The number of hydrogen-bond donors (Lipinski definition) is 3. The standard InChI is InChI=1S/C19H24N6O3S.HI/c1-4-20-19(21-11-14-7-8-16(13(2)10-14)29(3,26)27)22-12-17-23-18(25-24-17)15-6-5-9-28-15;/h5-10H,4,11-12H2,1-3H3,(H2,20,21,22)(H,23,24,25);1H. The van der Waals surface area contributed by atoms with Gasteiger partial charge < -0.3 is 15.1 Å². The number of furan rings is 1. The Balaban J connectivity index is 0.00000320. The summed E-state index contributed by atoms with van der Waals surface area (Å²) in [4.78, 5) is 9.28. The zero-order valence-corrected chi connectivity index (χ0v) is 20.1. The minimum atomic E-state index is -3.23. The number of hydrogen-bond acceptors (Lipinski definition) is 6. The molecule has 0 spiro atoms. The summed E-state index contributed by atoms with van der Waals surface area (Å²) in [7, 11) is -3.23. The van der Waals surface area contributed by atoms with E-state index in [2.05, 4.69) is 30.8 Å². The van der Waals surface area contributed by atoms with E-state index in [1.165, 1.54) is 6.26 Å². The summed E-state index contributed by atoms with van der Waals surface area (Å²) in [6, 6.07) is 8.82. The Morgan fingerprint density at radius 1 is 1.27 bits per heavy atom. The molecule has 11 heteroatoms. The van der Waals surface area contributed by atoms with E-state index in [1.54, 1.807) is 37.5 Å². The van der Waals surface area contributed by atoms with Crippen molar-refractivity contribution in [2.75, 3.05) is 12.8 Å². The number of H-pyrrole nitrogens is 1. The molecule has 0 amide bonds. The number of nitrogens with one attached hydrogen (secondary N) is 3. The molecule has 0 saturated carbocycles. The zero-order chi connectivity index (χ0) is 20.9. The highest BCUT2D eigenvalue weighted by Gasteiger charge is 2.11. The number of guanidine groups is 1. The summed E-state index contributed by atoms with van der Waals surface area (Å²) in [5, 5.41) is 13.4. The second kappa shape index (κ2) is 10.6. The zero-order valence-electron chi connectivity index (χ0n) is 17.0. The minimum absolute atomic E-state index is 0. The number of aryl methyl sites for hydroxylation is 1. The Hall–Kier alpha value is -2.41. The number of benzene rings is 1. The van der Waals surface area contributed by atoms with E-state index in [0.717, 1.165) is 5.56 Å². The van der Waals surface area contributed by atoms with Crippen LogP contribution in [0.25, 0.3) is 11.6 Å². The number of aromatic amines is 1. The molecule has 0 aliphatic rings. The van der Waals surface area contributed by atoms with Gasteiger partial charge in [-0.15, -0.1) is 29.1 Å². The first-order valence-electron chi connectivity index (χ1n) is 9.13. The van der Waals surface area contributed by atoms with Gasteiger partial charge in [0, 0.05) is 12.8 Å². The molecule has 2 aromatic heterocycles. The highest BCUT2D eigenvalue weighted by atomic mass is 127. The van der Waals surface area contributed by atoms with Crippen molar-refractivity contribution in [3.05, 3.63) is 53.5 Å². The van der Waals surface area contributed by atoms with Crippen LogP contribution < -0.4 is 10.6 Å². The third kappa shape index (κ3) is 6.29. The predicted octanol–water partition coefficient (Wildman–Crippen LogP) is 2.65. The minimum Gasteiger partial charge on any atom is -0.461 e. The fourth-order valence-electron chi connectivity index (χ4n) is 2.80. The van der Waals surface area contributed by atoms with Gasteiger partial charge in [-0.2, -0.15) is 0 Å². The third-order valence-electron chi connectivity index (χ3n) is 4.10. The van der Waals surface area contributed by atoms with E-state index in [9.17, 15) is 8.42 Å². The van der Waals surface area contributed by atoms with Crippen LogP contribution in [-0.2, 0) is 22.9 Å². The van der Waals surface area contributed by atoms with Gasteiger partial charge in [-0.1, -0.05) is 12.1 Å². The molecule has 2 heterocycles. The number of aliphatic imine (C=N–C) groups is 1. The maximum atomic E-state index is 11.7. The van der Waals surface area contributed by atoms with Gasteiger partial charge in [0.2, 0.25) is 5.82 Å². The smallest absolute Gasteiger partial charge is 0.216 e. The average molecular weight is 544 g/mol. The van der Waals surface area contributed by atoms with Crippen molar-refractivity contribution in [3.8, 4) is 11.6 Å². The van der Waals surface area contributed by atoms with E-state index >= 15 is 0 Å². The second-order valence-electron chi connectivity index (χ2n) is 6.50. The van der Waals surface area contributed by atoms with Crippen LogP contribution in [0.5, 0.6) is 0 Å². The molecule has 0 saturated heterocycles. The van der Waals surface area contributed by atoms with Crippen molar-refractivity contribution < 1.29 is 12.8 Å². The summed E-state index contributed by atoms with van der Waals surface area (Å²) >= 11 is 0. The van der Waals surface area contributed by atoms with Crippen LogP contribution in [0.3, 0.4) is 0 Å². The molecule has 0 aliphatic carbocycles. The van der Waals surface area contributed by atoms with E-state index in [-0.39, 0.29) is 24.0 Å². The first-order chi connectivity index (χ1) is 13.9. The van der Waals surface area contributed by atoms with E-state index in [4.69, 9.17) is 4.42 Å². The molecule has 0 radical (unpaired) electrons. The summed E-state index contributed by atoms with van der Waals surface area (Å²) in [6.45, 7) is 5.28. The molecule has 1 aromatic carbocycles. The SMILES string of the molecule is CCNC(=NCc1ccc(S(C)(=O)=O)c(C)c1)NCc1nc(-c2ccco2)n[nH]1.I. The Labute approximate surface area is 192 Å². The molecule has 3 aromatic rings. The molecule has 0 unspecified atom stereocenters. The lowest BCUT2D eigenvalue weighted by Crippen LogP contribution is -2.37. The van der Waals surface area contributed by atoms with Gasteiger partial charge in [0.15, 0.2) is 21.6 Å². The normalized spacial score (nSPS) is 11.8. The number of nitrogens with zero attached hydrogens (tertiary/aromatic N) is 3. The fraction of sp³-hybridized carbons (Fsp3) is 0.316. The van der Waals surface area contributed by atoms with Crippen molar-refractivity contribution in [1.29, 1.82) is 0 Å². The summed E-state index contributed by atoms with van der Waals surface area (Å²) < 4.78 is 28.8. The van der Waals surface area contributed by atoms with Gasteiger partial charge in [0.1, 0.15) is 5.82 Å². The lowest BCUT2D eigenvalue weighted by molar-refractivity contribution is 0.577. The van der Waals surface area contributed by atoms with Gasteiger partial charge >= 0.3 is 0 Å². The van der Waals surface area contributed by atoms with Crippen LogP contribution in [-0.4, -0.2) is 42.4 Å². The molecule has 3 rings (SSSR count). The molecular weight excluding hydrogens is 519 g/mol. The summed E-state index contributed by atoms with van der Waals surface area (Å²) in [5.74, 6) is 2.36. The van der Waals surface area contributed by atoms with Gasteiger partial charge in [-0.05, 0) is 43.2 Å². The Kier molecular flexibility index (Phi) is 8.41. The monoisotopic (exact) mass is 544 g/mol. The van der Waals surface area contributed by atoms with Gasteiger partial charge in [-0.3, -0.25) is 5.10 Å². The molecule has 9 nitrogen and oxygen atoms in total. The van der Waals surface area contributed by atoms with Crippen LogP contribution in [0.15, 0.2) is 50.9 Å². The average Bonchev–Trinajstić information content (AvgIpc) is 3.34. The quantitative estimate of drug-likeness (QED) is 0.237. The third-order valence-corrected chi connectivity index (χ3v) is 5.36. The van der Waals surface area contributed by atoms with Crippen molar-refractivity contribution in [2.45, 2.75) is 31.8 Å². The summed E-state index contributed by atoms with van der Waals surface area (Å²) in [6.07, 6.45) is 2.78. The first-order valence-corrected chi connectivity index (χ1v) is 11.0. The molecule has 30 heavy (non-hydrogen) atoms. The van der Waals surface area contributed by atoms with Crippen molar-refractivity contribution in [2.24, 2.45) is 4.99 Å². The molecule has 162 valence electrons. The van der Waals surface area contributed by atoms with Crippen LogP contribution in [0, 0.1) is 6.92 Å². The Morgan fingerprint density at radius 3 is 2.70 bits per heavy atom. The lowest BCUT2D eigenvalue weighted by atomic mass is 10.1. The predicted molar refractivity (Wildman–Crippen MR) is 125 cm³/mol. The number of halogens is 1. The van der Waals surface area contributed by atoms with Gasteiger partial charge in [0.25, 0.3) is 0 Å². The first kappa shape index (κ1) is 23.9. The van der Waals surface area contributed by atoms with Crippen LogP contribution in [0.1, 0.15) is 23.9 Å². The van der Waals surface area contributed by atoms with E-state index in [0.29, 0.717) is 53.5 Å². The maximum Gasteiger partial charge on any atom is 0.216 e. The van der Waals surface area contributed by atoms with Crippen LogP contribution >= 0.6 is 24.0 Å². The Bertz CT molecular complexity index is 1090. The highest BCUT2D eigenvalue weighted by Crippen LogP contribution is 2.17. The van der Waals surface area contributed by atoms with Crippen LogP contribution in [0.2, 0.25) is 0 Å². The van der Waals surface area contributed by atoms with Gasteiger partial charge in [-0.25, -0.2) is 18.4 Å². The fourth-order valence-corrected chi connectivity index (χ4v) is 3.75. The van der Waals surface area contributed by atoms with E-state index < -0.39 is 9.84 Å². The summed E-state index contributed by atoms with van der Waals surface area (Å²) in [5.41, 5.74) is 1.64. The number of sulfone groups is 1. The van der Waals surface area contributed by atoms with Crippen molar-refractivity contribution in [1.82, 2.24) is 25.8 Å². The lowest BCUT2D eigenvalue weighted by Gasteiger charge is -2.10. The van der Waals surface area contributed by atoms with E-state index in [1.807, 2.05) is 13.0 Å². The number of rotatable bonds is 7. The van der Waals surface area contributed by atoms with Gasteiger partial charge in [0.05, 0.1) is 24.2 Å². The molecule has 0 aliphatic heterocycles. The van der Waals surface area contributed by atoms with Crippen LogP contribution in [0.4, 0.5) is 0 Å². The molecule has 0 bridgehead atoms. The molecule has 0 fully saturated rings. The largest absolute Gasteiger partial charge is 0.461 e.